The fraction of sp³-hybridized carbons (Fsp3) is 0.333. The molecule has 0 unspecified atom stereocenters. The monoisotopic (exact) mass is 283 g/mol. The maximum atomic E-state index is 10.1. The Kier molecular flexibility index (Phi) is 3.95. The molecule has 2 aromatic rings. The van der Waals surface area contributed by atoms with Gasteiger partial charge in [0.2, 0.25) is 0 Å². The van der Waals surface area contributed by atoms with Crippen molar-refractivity contribution in [1.29, 1.82) is 0 Å². The molecule has 110 valence electrons. The Morgan fingerprint density at radius 1 is 1.10 bits per heavy atom. The topological polar surface area (TPSA) is 32.7 Å². The van der Waals surface area contributed by atoms with E-state index < -0.39 is 0 Å². The van der Waals surface area contributed by atoms with Crippen LogP contribution >= 0.6 is 0 Å². The highest BCUT2D eigenvalue weighted by Gasteiger charge is 2.41. The van der Waals surface area contributed by atoms with E-state index in [1.807, 2.05) is 30.3 Å². The Bertz CT molecular complexity index is 582. The van der Waals surface area contributed by atoms with E-state index in [2.05, 4.69) is 36.1 Å². The first kappa shape index (κ1) is 14.1. The van der Waals surface area contributed by atoms with Gasteiger partial charge in [0.25, 0.3) is 0 Å². The van der Waals surface area contributed by atoms with Gasteiger partial charge >= 0.3 is 0 Å². The number of hydrogen-bond donors (Lipinski definition) is 1. The van der Waals surface area contributed by atoms with Crippen LogP contribution in [0.15, 0.2) is 54.6 Å². The largest absolute Gasteiger partial charge is 0.497 e. The number of methoxy groups -OCH3 is 1. The van der Waals surface area contributed by atoms with Gasteiger partial charge in [0, 0.05) is 12.6 Å². The highest BCUT2D eigenvalue weighted by atomic mass is 16.5. The molecule has 3 atom stereocenters. The number of β-amino-alcohol motifs (C(OH)–C–C–N with tert-alkyl or cyclic N) is 1. The van der Waals surface area contributed by atoms with Gasteiger partial charge < -0.3 is 9.84 Å². The quantitative estimate of drug-likeness (QED) is 0.935. The van der Waals surface area contributed by atoms with Crippen LogP contribution in [0.25, 0.3) is 0 Å². The molecule has 1 N–H and O–H groups in total. The van der Waals surface area contributed by atoms with Gasteiger partial charge in [-0.25, -0.2) is 0 Å². The van der Waals surface area contributed by atoms with Gasteiger partial charge in [-0.15, -0.1) is 0 Å². The summed E-state index contributed by atoms with van der Waals surface area (Å²) in [7, 11) is 1.68. The third-order valence-electron chi connectivity index (χ3n) is 4.36. The molecule has 1 saturated heterocycles. The maximum absolute atomic E-state index is 10.1. The van der Waals surface area contributed by atoms with Crippen molar-refractivity contribution >= 4 is 0 Å². The first-order chi connectivity index (χ1) is 10.2. The number of benzene rings is 2. The number of rotatable bonds is 4. The van der Waals surface area contributed by atoms with Crippen molar-refractivity contribution in [3.05, 3.63) is 65.7 Å². The van der Waals surface area contributed by atoms with E-state index in [-0.39, 0.29) is 18.2 Å². The molecule has 1 fully saturated rings. The summed E-state index contributed by atoms with van der Waals surface area (Å²) >= 11 is 0. The van der Waals surface area contributed by atoms with Crippen LogP contribution < -0.4 is 4.74 Å². The van der Waals surface area contributed by atoms with Crippen LogP contribution in [0, 0.1) is 0 Å². The molecular weight excluding hydrogens is 262 g/mol. The fourth-order valence-electron chi connectivity index (χ4n) is 3.05. The Balaban J connectivity index is 1.79. The maximum Gasteiger partial charge on any atom is 0.118 e. The third-order valence-corrected chi connectivity index (χ3v) is 4.36. The lowest BCUT2D eigenvalue weighted by Gasteiger charge is -2.49. The summed E-state index contributed by atoms with van der Waals surface area (Å²) in [4.78, 5) is 2.34. The van der Waals surface area contributed by atoms with Crippen LogP contribution in [0.3, 0.4) is 0 Å². The van der Waals surface area contributed by atoms with Crippen LogP contribution in [-0.2, 0) is 0 Å². The second-order valence-corrected chi connectivity index (χ2v) is 5.57. The SMILES string of the molecule is COc1ccc([C@H](C)N2C[C@@H](O)[C@H]2c2ccccc2)cc1. The van der Waals surface area contributed by atoms with Gasteiger partial charge in [0.05, 0.1) is 19.3 Å². The van der Waals surface area contributed by atoms with Gasteiger partial charge in [0.1, 0.15) is 5.75 Å². The fourth-order valence-corrected chi connectivity index (χ4v) is 3.05. The molecule has 3 heteroatoms. The molecule has 1 heterocycles. The van der Waals surface area contributed by atoms with Gasteiger partial charge in [-0.1, -0.05) is 42.5 Å². The zero-order chi connectivity index (χ0) is 14.8. The summed E-state index contributed by atoms with van der Waals surface area (Å²) < 4.78 is 5.20. The average Bonchev–Trinajstić information content (AvgIpc) is 2.53. The molecule has 0 bridgehead atoms. The summed E-state index contributed by atoms with van der Waals surface area (Å²) in [5, 5.41) is 10.1. The number of aliphatic hydroxyl groups excluding tert-OH is 1. The van der Waals surface area contributed by atoms with Crippen molar-refractivity contribution < 1.29 is 9.84 Å². The van der Waals surface area contributed by atoms with Crippen LogP contribution in [-0.4, -0.2) is 29.8 Å². The molecule has 1 aliphatic rings. The summed E-state index contributed by atoms with van der Waals surface area (Å²) in [6.45, 7) is 2.90. The lowest BCUT2D eigenvalue weighted by atomic mass is 9.88. The molecule has 0 amide bonds. The highest BCUT2D eigenvalue weighted by Crippen LogP contribution is 2.40. The van der Waals surface area contributed by atoms with Crippen molar-refractivity contribution in [2.24, 2.45) is 0 Å². The number of aliphatic hydroxyl groups is 1. The van der Waals surface area contributed by atoms with Crippen LogP contribution in [0.5, 0.6) is 5.75 Å². The minimum absolute atomic E-state index is 0.0864. The molecule has 0 saturated carbocycles. The van der Waals surface area contributed by atoms with Crippen molar-refractivity contribution in [2.45, 2.75) is 25.1 Å². The van der Waals surface area contributed by atoms with Crippen LogP contribution in [0.2, 0.25) is 0 Å². The van der Waals surface area contributed by atoms with Crippen LogP contribution in [0.4, 0.5) is 0 Å². The van der Waals surface area contributed by atoms with E-state index in [0.717, 1.165) is 5.75 Å². The Hall–Kier alpha value is -1.84. The summed E-state index contributed by atoms with van der Waals surface area (Å²) in [5.74, 6) is 0.870. The summed E-state index contributed by atoms with van der Waals surface area (Å²) in [5.41, 5.74) is 2.42. The normalized spacial score (nSPS) is 23.4. The molecule has 3 nitrogen and oxygen atoms in total. The van der Waals surface area contributed by atoms with Crippen LogP contribution in [0.1, 0.15) is 30.1 Å². The lowest BCUT2D eigenvalue weighted by Crippen LogP contribution is -2.54. The number of ether oxygens (including phenoxy) is 1. The van der Waals surface area contributed by atoms with Crippen molar-refractivity contribution in [1.82, 2.24) is 4.90 Å². The first-order valence-corrected chi connectivity index (χ1v) is 7.33. The van der Waals surface area contributed by atoms with E-state index in [1.54, 1.807) is 7.11 Å². The minimum Gasteiger partial charge on any atom is -0.497 e. The van der Waals surface area contributed by atoms with Crippen molar-refractivity contribution in [2.75, 3.05) is 13.7 Å². The second kappa shape index (κ2) is 5.88. The van der Waals surface area contributed by atoms with Gasteiger partial charge in [-0.2, -0.15) is 0 Å². The van der Waals surface area contributed by atoms with E-state index in [9.17, 15) is 5.11 Å². The highest BCUT2D eigenvalue weighted by molar-refractivity contribution is 5.31. The molecule has 0 spiro atoms. The smallest absolute Gasteiger partial charge is 0.118 e. The summed E-state index contributed by atoms with van der Waals surface area (Å²) in [6.07, 6.45) is -0.284. The average molecular weight is 283 g/mol. The van der Waals surface area contributed by atoms with Gasteiger partial charge in [0.15, 0.2) is 0 Å². The van der Waals surface area contributed by atoms with Crippen molar-refractivity contribution in [3.63, 3.8) is 0 Å². The Morgan fingerprint density at radius 2 is 1.76 bits per heavy atom. The lowest BCUT2D eigenvalue weighted by molar-refractivity contribution is -0.0854. The van der Waals surface area contributed by atoms with E-state index in [1.165, 1.54) is 11.1 Å². The minimum atomic E-state index is -0.284. The molecule has 21 heavy (non-hydrogen) atoms. The first-order valence-electron chi connectivity index (χ1n) is 7.33. The number of likely N-dealkylation sites (tertiary alicyclic amines) is 1. The molecule has 2 aromatic carbocycles. The third kappa shape index (κ3) is 2.67. The molecule has 0 aromatic heterocycles. The Labute approximate surface area is 125 Å². The summed E-state index contributed by atoms with van der Waals surface area (Å²) in [6, 6.07) is 18.7. The van der Waals surface area contributed by atoms with E-state index in [4.69, 9.17) is 4.74 Å². The van der Waals surface area contributed by atoms with E-state index in [0.29, 0.717) is 6.54 Å². The number of hydrogen-bond acceptors (Lipinski definition) is 3. The molecule has 3 rings (SSSR count). The standard InChI is InChI=1S/C18H21NO2/c1-13(14-8-10-16(21-2)11-9-14)19-12-17(20)18(19)15-6-4-3-5-7-15/h3-11,13,17-18,20H,12H2,1-2H3/t13-,17+,18+/m0/s1. The molecule has 0 aliphatic carbocycles. The second-order valence-electron chi connectivity index (χ2n) is 5.57. The van der Waals surface area contributed by atoms with Gasteiger partial charge in [-0.05, 0) is 30.2 Å². The predicted octanol–water partition coefficient (Wildman–Crippen LogP) is 3.17. The molecular formula is C18H21NO2. The van der Waals surface area contributed by atoms with E-state index >= 15 is 0 Å². The zero-order valence-electron chi connectivity index (χ0n) is 12.4. The van der Waals surface area contributed by atoms with Crippen molar-refractivity contribution in [3.8, 4) is 5.75 Å². The number of nitrogens with zero attached hydrogens (tertiary/aromatic N) is 1. The molecule has 1 aliphatic heterocycles. The Morgan fingerprint density at radius 3 is 2.33 bits per heavy atom. The predicted molar refractivity (Wildman–Crippen MR) is 83.3 cm³/mol. The zero-order valence-corrected chi connectivity index (χ0v) is 12.4. The van der Waals surface area contributed by atoms with Gasteiger partial charge in [-0.3, -0.25) is 4.90 Å². The molecule has 0 radical (unpaired) electrons.